The summed E-state index contributed by atoms with van der Waals surface area (Å²) in [4.78, 5) is 29.4. The minimum absolute atomic E-state index is 0.0124. The molecule has 2 unspecified atom stereocenters. The van der Waals surface area contributed by atoms with E-state index in [1.165, 1.54) is 11.1 Å². The van der Waals surface area contributed by atoms with Crippen molar-refractivity contribution >= 4 is 39.1 Å². The van der Waals surface area contributed by atoms with Gasteiger partial charge in [0.15, 0.2) is 0 Å². The van der Waals surface area contributed by atoms with Crippen LogP contribution in [0.3, 0.4) is 0 Å². The van der Waals surface area contributed by atoms with Crippen LogP contribution in [-0.4, -0.2) is 73.6 Å². The van der Waals surface area contributed by atoms with Crippen LogP contribution in [0.15, 0.2) is 52.9 Å². The Morgan fingerprint density at radius 1 is 1.18 bits per heavy atom. The maximum Gasteiger partial charge on any atom is 0.327 e. The van der Waals surface area contributed by atoms with Crippen molar-refractivity contribution < 1.29 is 28.0 Å². The largest absolute Gasteiger partial charge is 0.490 e. The first-order valence-electron chi connectivity index (χ1n) is 17.9. The zero-order valence-corrected chi connectivity index (χ0v) is 31.0. The number of anilines is 1. The molecule has 2 aromatic carbocycles. The SMILES string of the molecule is CO[C@H]1/C=C\C[C@H](C)CS(=O)(NC(=O)NC2C[C@]2(C)OC)=NC(=O)c2ccc3c(c2)N(C[C@@H]2CC[C@H]21)C[C@@]1(CCCc2cc(Cl)ccc21)CO3. The lowest BCUT2D eigenvalue weighted by Gasteiger charge is -2.46. The van der Waals surface area contributed by atoms with Gasteiger partial charge in [-0.05, 0) is 105 Å². The maximum atomic E-state index is 14.4. The third kappa shape index (κ3) is 7.03. The number of allylic oxidation sites excluding steroid dienone is 1. The smallest absolute Gasteiger partial charge is 0.327 e. The molecular formula is C38H49ClN4O6S. The van der Waals surface area contributed by atoms with Crippen molar-refractivity contribution in [3.63, 3.8) is 0 Å². The summed E-state index contributed by atoms with van der Waals surface area (Å²) >= 11 is 6.45. The number of urea groups is 1. The van der Waals surface area contributed by atoms with E-state index in [-0.39, 0.29) is 29.2 Å². The number of aryl methyl sites for hydroxylation is 1. The first-order chi connectivity index (χ1) is 23.9. The number of nitrogens with one attached hydrogen (secondary N) is 2. The average Bonchev–Trinajstić information content (AvgIpc) is 3.75. The predicted octanol–water partition coefficient (Wildman–Crippen LogP) is 6.45. The Morgan fingerprint density at radius 2 is 2.02 bits per heavy atom. The van der Waals surface area contributed by atoms with Gasteiger partial charge in [0, 0.05) is 49.7 Å². The number of methoxy groups -OCH3 is 2. The molecule has 5 aliphatic rings. The Morgan fingerprint density at radius 3 is 2.76 bits per heavy atom. The normalized spacial score (nSPS) is 35.7. The maximum absolute atomic E-state index is 14.4. The Labute approximate surface area is 300 Å². The molecule has 270 valence electrons. The van der Waals surface area contributed by atoms with Crippen molar-refractivity contribution in [2.75, 3.05) is 44.6 Å². The Hall–Kier alpha value is -3.12. The lowest BCUT2D eigenvalue weighted by Crippen LogP contribution is -2.49. The lowest BCUT2D eigenvalue weighted by atomic mass is 9.68. The van der Waals surface area contributed by atoms with E-state index in [9.17, 15) is 13.8 Å². The standard InChI is InChI=1S/C38H49ClN4O6S/c1-24-7-5-9-32(47-3)29-13-10-27(29)20-43-22-38(16-6-8-25-17-28(39)12-14-30(25)38)23-49-33-15-11-26(18-31(33)43)35(44)41-50(46,21-24)42-36(45)40-34-19-37(34,2)48-4/h5,9,11-12,14-15,17-18,24,27,29,32,34H,6-8,10,13,16,19-23H2,1-4H3,(H2,40,41,42,44,45,46)/b9-5-/t24-,27-,29+,32-,34?,37-,38-,50?/m0/s1. The molecule has 2 aliphatic heterocycles. The van der Waals surface area contributed by atoms with Gasteiger partial charge in [0.25, 0.3) is 5.91 Å². The summed E-state index contributed by atoms with van der Waals surface area (Å²) in [5, 5.41) is 3.58. The number of carbonyl (C=O) groups excluding carboxylic acids is 2. The molecule has 2 fully saturated rings. The molecule has 2 saturated carbocycles. The summed E-state index contributed by atoms with van der Waals surface area (Å²) in [5.41, 5.74) is 2.94. The first-order valence-corrected chi connectivity index (χ1v) is 19.9. The fourth-order valence-corrected chi connectivity index (χ4v) is 10.5. The van der Waals surface area contributed by atoms with Crippen LogP contribution in [0.25, 0.3) is 0 Å². The minimum Gasteiger partial charge on any atom is -0.490 e. The summed E-state index contributed by atoms with van der Waals surface area (Å²) in [6, 6.07) is 10.7. The van der Waals surface area contributed by atoms with Crippen molar-refractivity contribution in [2.45, 2.75) is 82.0 Å². The van der Waals surface area contributed by atoms with Crippen molar-refractivity contribution in [3.8, 4) is 5.75 Å². The van der Waals surface area contributed by atoms with Gasteiger partial charge in [-0.15, -0.1) is 4.36 Å². The summed E-state index contributed by atoms with van der Waals surface area (Å²) in [5.74, 6) is 0.677. The van der Waals surface area contributed by atoms with E-state index in [0.717, 1.165) is 55.9 Å². The van der Waals surface area contributed by atoms with Gasteiger partial charge in [0.2, 0.25) is 0 Å². The molecule has 2 bridgehead atoms. The number of nitrogens with zero attached hydrogens (tertiary/aromatic N) is 2. The fraction of sp³-hybridized carbons (Fsp3) is 0.579. The van der Waals surface area contributed by atoms with Gasteiger partial charge in [-0.1, -0.05) is 36.7 Å². The third-order valence-electron chi connectivity index (χ3n) is 11.7. The zero-order chi connectivity index (χ0) is 35.3. The van der Waals surface area contributed by atoms with Crippen molar-refractivity contribution in [3.05, 3.63) is 70.3 Å². The lowest BCUT2D eigenvalue weighted by molar-refractivity contribution is 0.0131. The van der Waals surface area contributed by atoms with Crippen LogP contribution in [0.2, 0.25) is 5.02 Å². The topological polar surface area (TPSA) is 119 Å². The van der Waals surface area contributed by atoms with Crippen LogP contribution in [0.5, 0.6) is 5.75 Å². The minimum atomic E-state index is -3.50. The quantitative estimate of drug-likeness (QED) is 0.348. The van der Waals surface area contributed by atoms with E-state index in [2.05, 4.69) is 43.6 Å². The molecule has 0 radical (unpaired) electrons. The van der Waals surface area contributed by atoms with Gasteiger partial charge in [-0.3, -0.25) is 9.52 Å². The van der Waals surface area contributed by atoms with E-state index < -0.39 is 27.5 Å². The molecule has 2 heterocycles. The second-order valence-corrected chi connectivity index (χ2v) is 17.7. The highest BCUT2D eigenvalue weighted by Crippen LogP contribution is 2.47. The summed E-state index contributed by atoms with van der Waals surface area (Å²) in [6.07, 6.45) is 10.5. The van der Waals surface area contributed by atoms with Crippen LogP contribution in [0.1, 0.15) is 73.9 Å². The third-order valence-corrected chi connectivity index (χ3v) is 13.9. The number of benzene rings is 2. The number of fused-ring (bicyclic) bond motifs is 4. The van der Waals surface area contributed by atoms with E-state index in [0.29, 0.717) is 42.6 Å². The van der Waals surface area contributed by atoms with Gasteiger partial charge in [-0.25, -0.2) is 9.00 Å². The van der Waals surface area contributed by atoms with Gasteiger partial charge < -0.3 is 24.4 Å². The number of rotatable bonds is 4. The number of amides is 3. The van der Waals surface area contributed by atoms with Crippen LogP contribution < -0.4 is 19.7 Å². The summed E-state index contributed by atoms with van der Waals surface area (Å²) < 4.78 is 39.4. The van der Waals surface area contributed by atoms with Crippen LogP contribution in [0, 0.1) is 17.8 Å². The monoisotopic (exact) mass is 724 g/mol. The van der Waals surface area contributed by atoms with E-state index >= 15 is 0 Å². The number of hydrogen-bond acceptors (Lipinski definition) is 7. The molecule has 10 nitrogen and oxygen atoms in total. The predicted molar refractivity (Wildman–Crippen MR) is 195 cm³/mol. The molecule has 50 heavy (non-hydrogen) atoms. The Bertz CT molecular complexity index is 1810. The van der Waals surface area contributed by atoms with E-state index in [1.54, 1.807) is 20.3 Å². The van der Waals surface area contributed by atoms with Crippen LogP contribution >= 0.6 is 11.6 Å². The molecule has 3 aliphatic carbocycles. The van der Waals surface area contributed by atoms with Crippen molar-refractivity contribution in [2.24, 2.45) is 22.1 Å². The molecule has 1 spiro atoms. The van der Waals surface area contributed by atoms with Gasteiger partial charge in [0.05, 0.1) is 35.8 Å². The summed E-state index contributed by atoms with van der Waals surface area (Å²) in [7, 11) is -0.140. The Kier molecular flexibility index (Phi) is 9.73. The van der Waals surface area contributed by atoms with Gasteiger partial charge in [0.1, 0.15) is 15.7 Å². The van der Waals surface area contributed by atoms with Gasteiger partial charge in [-0.2, -0.15) is 0 Å². The molecule has 2 aromatic rings. The second kappa shape index (κ2) is 13.8. The van der Waals surface area contributed by atoms with Crippen molar-refractivity contribution in [1.82, 2.24) is 10.0 Å². The van der Waals surface area contributed by atoms with Gasteiger partial charge >= 0.3 is 6.03 Å². The number of ether oxygens (including phenoxy) is 3. The van der Waals surface area contributed by atoms with E-state index in [4.69, 9.17) is 25.8 Å². The number of hydrogen-bond donors (Lipinski definition) is 2. The second-order valence-electron chi connectivity index (χ2n) is 15.3. The fourth-order valence-electron chi connectivity index (χ4n) is 8.48. The summed E-state index contributed by atoms with van der Waals surface area (Å²) in [6.45, 7) is 5.87. The molecule has 0 aromatic heterocycles. The zero-order valence-electron chi connectivity index (χ0n) is 29.4. The average molecular weight is 725 g/mol. The van der Waals surface area contributed by atoms with Crippen LogP contribution in [0.4, 0.5) is 10.5 Å². The van der Waals surface area contributed by atoms with Crippen LogP contribution in [-0.2, 0) is 31.2 Å². The first kappa shape index (κ1) is 35.3. The highest BCUT2D eigenvalue weighted by atomic mass is 35.5. The molecule has 7 rings (SSSR count). The molecule has 8 atom stereocenters. The molecule has 0 saturated heterocycles. The molecule has 3 amide bonds. The molecule has 2 N–H and O–H groups in total. The van der Waals surface area contributed by atoms with Crippen molar-refractivity contribution in [1.29, 1.82) is 0 Å². The number of halogens is 1. The highest BCUT2D eigenvalue weighted by Gasteiger charge is 2.52. The molecular weight excluding hydrogens is 676 g/mol. The number of carbonyl (C=O) groups is 2. The van der Waals surface area contributed by atoms with E-state index in [1.807, 2.05) is 32.0 Å². The Balaban J connectivity index is 1.27. The molecule has 12 heteroatoms. The highest BCUT2D eigenvalue weighted by molar-refractivity contribution is 7.92.